The molecule has 0 fully saturated rings. The molecule has 1 unspecified atom stereocenters. The lowest BCUT2D eigenvalue weighted by Crippen LogP contribution is -2.78. The zero-order chi connectivity index (χ0) is 49.5. The number of hydrogen-bond donors (Lipinski definition) is 0. The second kappa shape index (κ2) is 12.6. The van der Waals surface area contributed by atoms with Crippen LogP contribution in [0.2, 0.25) is 0 Å². The summed E-state index contributed by atoms with van der Waals surface area (Å²) in [5.74, 6) is -0.964. The van der Waals surface area contributed by atoms with Gasteiger partial charge in [-0.1, -0.05) is 115 Å². The third-order valence-corrected chi connectivity index (χ3v) is 12.8. The van der Waals surface area contributed by atoms with Gasteiger partial charge in [0, 0.05) is 24.6 Å². The van der Waals surface area contributed by atoms with Gasteiger partial charge >= 0.3 is 11.7 Å². The molecule has 5 heterocycles. The Hall–Kier alpha value is -6.26. The molecule has 0 N–H and O–H groups in total. The summed E-state index contributed by atoms with van der Waals surface area (Å²) >= 11 is 0. The first-order valence-electron chi connectivity index (χ1n) is 25.4. The highest BCUT2D eigenvalue weighted by atomic mass is 16.5. The Balaban J connectivity index is 1.31. The van der Waals surface area contributed by atoms with E-state index in [0.29, 0.717) is 16.9 Å². The van der Waals surface area contributed by atoms with Crippen LogP contribution in [-0.2, 0) is 11.3 Å². The van der Waals surface area contributed by atoms with E-state index >= 15 is 0 Å². The zero-order valence-electron chi connectivity index (χ0n) is 44.8. The molecule has 11 rings (SSSR count). The predicted molar refractivity (Wildman–Crippen MR) is 245 cm³/mol. The molecule has 2 aromatic heterocycles. The molecule has 6 aromatic carbocycles. The molecule has 4 heteroatoms. The first-order valence-corrected chi connectivity index (χ1v) is 20.9. The molecule has 0 aliphatic carbocycles. The van der Waals surface area contributed by atoms with E-state index in [4.69, 9.17) is 11.6 Å². The first-order chi connectivity index (χ1) is 32.4. The standard InChI is InChI=1S/C56H53N3O/c1-32(2)41-18-14-19-42(33(3)4)50(41)39-22-23-47(35(6)28-39)58-48-21-15-20-43-44-30-40(55(8,9)10)31-45-49-29-38(37-16-12-11-13-17-37)24-25-57(49)56(51(44)45)59(52(43)48)54(58)46-27-34(5)26-36(7)53(46)60-56/h11-33H,1-10H3/q+2/i11D,12D,13D,16D,17D,24D,25D,29D,32D. The minimum atomic E-state index is -1.70. The van der Waals surface area contributed by atoms with Crippen LogP contribution in [0, 0.1) is 20.8 Å². The summed E-state index contributed by atoms with van der Waals surface area (Å²) in [4.78, 5) is 0. The van der Waals surface area contributed by atoms with Gasteiger partial charge in [-0.3, -0.25) is 0 Å². The van der Waals surface area contributed by atoms with Gasteiger partial charge in [0.1, 0.15) is 18.2 Å². The number of nitrogens with zero attached hydrogens (tertiary/aromatic N) is 3. The summed E-state index contributed by atoms with van der Waals surface area (Å²) in [7, 11) is 0. The van der Waals surface area contributed by atoms with Crippen LogP contribution in [0.1, 0.15) is 112 Å². The third-order valence-electron chi connectivity index (χ3n) is 12.8. The van der Waals surface area contributed by atoms with Crippen LogP contribution in [0.5, 0.6) is 5.75 Å². The largest absolute Gasteiger partial charge is 0.499 e. The quantitative estimate of drug-likeness (QED) is 0.159. The minimum absolute atomic E-state index is 0.214. The Morgan fingerprint density at radius 1 is 0.733 bits per heavy atom. The smallest absolute Gasteiger partial charge is 0.392 e. The molecule has 8 aromatic rings. The van der Waals surface area contributed by atoms with Crippen molar-refractivity contribution in [2.45, 2.75) is 92.3 Å². The summed E-state index contributed by atoms with van der Waals surface area (Å²) in [5, 5.41) is 0. The number of para-hydroxylation sites is 1. The molecule has 296 valence electrons. The van der Waals surface area contributed by atoms with E-state index < -0.39 is 53.4 Å². The molecule has 4 nitrogen and oxygen atoms in total. The van der Waals surface area contributed by atoms with Gasteiger partial charge in [0.2, 0.25) is 5.69 Å². The Labute approximate surface area is 367 Å². The van der Waals surface area contributed by atoms with Crippen molar-refractivity contribution in [3.8, 4) is 67.5 Å². The highest BCUT2D eigenvalue weighted by molar-refractivity contribution is 5.98. The summed E-state index contributed by atoms with van der Waals surface area (Å²) in [6.07, 6.45) is -0.341. The Kier molecular flexibility index (Phi) is 5.95. The van der Waals surface area contributed by atoms with E-state index in [9.17, 15) is 5.48 Å². The summed E-state index contributed by atoms with van der Waals surface area (Å²) in [6.45, 7) is 20.8. The molecule has 3 aliphatic heterocycles. The number of benzene rings is 6. The second-order valence-electron chi connectivity index (χ2n) is 18.4. The van der Waals surface area contributed by atoms with Crippen LogP contribution in [0.4, 0.5) is 0 Å². The van der Waals surface area contributed by atoms with E-state index in [0.717, 1.165) is 78.2 Å². The van der Waals surface area contributed by atoms with Crippen molar-refractivity contribution < 1.29 is 26.2 Å². The molecule has 0 radical (unpaired) electrons. The summed E-state index contributed by atoms with van der Waals surface area (Å²) < 4.78 is 96.5. The van der Waals surface area contributed by atoms with Crippen LogP contribution in [0.25, 0.3) is 72.7 Å². The fraction of sp³-hybridized carbons (Fsp3) is 0.250. The van der Waals surface area contributed by atoms with Gasteiger partial charge in [0.15, 0.2) is 23.0 Å². The van der Waals surface area contributed by atoms with Crippen molar-refractivity contribution in [2.75, 3.05) is 0 Å². The van der Waals surface area contributed by atoms with E-state index in [-0.39, 0.29) is 35.0 Å². The lowest BCUT2D eigenvalue weighted by Gasteiger charge is -2.33. The highest BCUT2D eigenvalue weighted by Crippen LogP contribution is 2.55. The van der Waals surface area contributed by atoms with Crippen molar-refractivity contribution in [2.24, 2.45) is 0 Å². The topological polar surface area (TPSA) is 21.9 Å². The molecule has 0 saturated carbocycles. The monoisotopic (exact) mass is 792 g/mol. The van der Waals surface area contributed by atoms with Crippen LogP contribution in [0.3, 0.4) is 0 Å². The second-order valence-corrected chi connectivity index (χ2v) is 18.4. The van der Waals surface area contributed by atoms with Crippen molar-refractivity contribution in [1.82, 2.24) is 4.57 Å². The third kappa shape index (κ3) is 4.91. The van der Waals surface area contributed by atoms with Gasteiger partial charge in [-0.25, -0.2) is 0 Å². The van der Waals surface area contributed by atoms with Gasteiger partial charge in [-0.2, -0.15) is 4.57 Å². The van der Waals surface area contributed by atoms with E-state index in [2.05, 4.69) is 130 Å². The maximum Gasteiger partial charge on any atom is 0.499 e. The van der Waals surface area contributed by atoms with Crippen molar-refractivity contribution in [3.05, 3.63) is 166 Å². The molecule has 60 heavy (non-hydrogen) atoms. The van der Waals surface area contributed by atoms with Crippen LogP contribution >= 0.6 is 0 Å². The minimum Gasteiger partial charge on any atom is -0.392 e. The van der Waals surface area contributed by atoms with Crippen molar-refractivity contribution in [1.29, 1.82) is 0 Å². The average Bonchev–Trinajstić information content (AvgIpc) is 3.79. The number of imidazole rings is 1. The normalized spacial score (nSPS) is 17.9. The number of hydrogen-bond acceptors (Lipinski definition) is 1. The molecule has 3 aliphatic rings. The van der Waals surface area contributed by atoms with E-state index in [1.807, 2.05) is 26.8 Å². The summed E-state index contributed by atoms with van der Waals surface area (Å²) in [5.41, 5.74) is 13.9. The Bertz CT molecular complexity index is 3640. The molecule has 0 amide bonds. The zero-order valence-corrected chi connectivity index (χ0v) is 35.8. The number of aryl methyl sites for hydroxylation is 3. The number of rotatable bonds is 5. The maximum atomic E-state index is 10.2. The SMILES string of the molecule is [2H]c1c([2H])c([2H])c(-c2c([2H])c([2H])[n+]3c(c2[2H])-c2cc(C(C)(C)C)cc4c2C32Oc3c(C)cc(C)cc3-c3n(-c5ccc(-c6c(C(C)C)cccc6C([2H])(C)C)cc5C)c5cccc-4c5[n+]32)c([2H])c1[2H]. The van der Waals surface area contributed by atoms with Crippen LogP contribution < -0.4 is 13.9 Å². The van der Waals surface area contributed by atoms with Gasteiger partial charge in [0.05, 0.1) is 15.2 Å². The molecule has 0 bridgehead atoms. The van der Waals surface area contributed by atoms with E-state index in [1.54, 1.807) is 4.57 Å². The number of aromatic nitrogens is 3. The summed E-state index contributed by atoms with van der Waals surface area (Å²) in [6, 6.07) is 24.0. The highest BCUT2D eigenvalue weighted by Gasteiger charge is 2.68. The first kappa shape index (κ1) is 28.3. The van der Waals surface area contributed by atoms with Gasteiger partial charge in [-0.05, 0) is 136 Å². The number of pyridine rings is 1. The average molecular weight is 793 g/mol. The molecule has 1 atom stereocenters. The lowest BCUT2D eigenvalue weighted by molar-refractivity contribution is -0.997. The number of ether oxygens (including phenoxy) is 1. The molecule has 1 spiro atoms. The van der Waals surface area contributed by atoms with Crippen LogP contribution in [0.15, 0.2) is 127 Å². The lowest BCUT2D eigenvalue weighted by atomic mass is 9.80. The fourth-order valence-electron chi connectivity index (χ4n) is 10.1. The molecular weight excluding hydrogens is 731 g/mol. The van der Waals surface area contributed by atoms with Crippen LogP contribution in [-0.4, -0.2) is 4.57 Å². The van der Waals surface area contributed by atoms with Gasteiger partial charge in [-0.15, -0.1) is 9.13 Å². The Morgan fingerprint density at radius 3 is 2.22 bits per heavy atom. The Morgan fingerprint density at radius 2 is 1.48 bits per heavy atom. The maximum absolute atomic E-state index is 10.2. The van der Waals surface area contributed by atoms with Crippen molar-refractivity contribution in [3.63, 3.8) is 0 Å². The molecule has 0 saturated heterocycles. The fourth-order valence-corrected chi connectivity index (χ4v) is 10.1. The predicted octanol–water partition coefficient (Wildman–Crippen LogP) is 13.2. The van der Waals surface area contributed by atoms with E-state index in [1.165, 1.54) is 5.56 Å². The van der Waals surface area contributed by atoms with Crippen molar-refractivity contribution >= 4 is 11.0 Å². The molecular formula is C56H53N3O+2. The van der Waals surface area contributed by atoms with Gasteiger partial charge in [0.25, 0.3) is 0 Å². The number of fused-ring (bicyclic) bond motifs is 5. The van der Waals surface area contributed by atoms with Gasteiger partial charge < -0.3 is 4.74 Å².